The number of aromatic amines is 1. The predicted molar refractivity (Wildman–Crippen MR) is 33.9 cm³/mol. The van der Waals surface area contributed by atoms with Crippen LogP contribution in [0.5, 0.6) is 0 Å². The van der Waals surface area contributed by atoms with Gasteiger partial charge in [-0.1, -0.05) is 19.1 Å². The molecule has 0 unspecified atom stereocenters. The molecule has 0 fully saturated rings. The highest BCUT2D eigenvalue weighted by molar-refractivity contribution is 4.90. The number of rotatable bonds is 1. The SMILES string of the molecule is CC(C)c1cn[nH][n+]1C. The third-order valence-corrected chi connectivity index (χ3v) is 1.38. The molecule has 1 N–H and O–H groups in total. The predicted octanol–water partition coefficient (Wildman–Crippen LogP) is 0.358. The molecule has 50 valence electrons. The summed E-state index contributed by atoms with van der Waals surface area (Å²) in [7, 11) is 1.96. The van der Waals surface area contributed by atoms with Crippen LogP contribution in [-0.2, 0) is 7.05 Å². The topological polar surface area (TPSA) is 32.6 Å². The molecule has 1 rings (SSSR count). The molecule has 0 saturated heterocycles. The Labute approximate surface area is 54.7 Å². The van der Waals surface area contributed by atoms with E-state index in [2.05, 4.69) is 24.2 Å². The standard InChI is InChI=1S/C6H11N3/c1-5(2)6-4-7-8-9(6)3/h4-5H,1-3H3/p+1. The van der Waals surface area contributed by atoms with Crippen LogP contribution in [-0.4, -0.2) is 10.3 Å². The summed E-state index contributed by atoms with van der Waals surface area (Å²) in [4.78, 5) is 0. The molecule has 0 amide bonds. The van der Waals surface area contributed by atoms with Gasteiger partial charge >= 0.3 is 0 Å². The molecule has 0 radical (unpaired) electrons. The maximum Gasteiger partial charge on any atom is 0.209 e. The Kier molecular flexibility index (Phi) is 1.51. The summed E-state index contributed by atoms with van der Waals surface area (Å²) in [6.45, 7) is 4.29. The van der Waals surface area contributed by atoms with Gasteiger partial charge in [0.05, 0.1) is 0 Å². The lowest BCUT2D eigenvalue weighted by Crippen LogP contribution is -2.34. The van der Waals surface area contributed by atoms with E-state index in [1.807, 2.05) is 17.9 Å². The van der Waals surface area contributed by atoms with Crippen molar-refractivity contribution >= 4 is 0 Å². The minimum atomic E-state index is 0.550. The van der Waals surface area contributed by atoms with Gasteiger partial charge in [0.2, 0.25) is 6.20 Å². The monoisotopic (exact) mass is 126 g/mol. The van der Waals surface area contributed by atoms with E-state index in [1.165, 1.54) is 5.69 Å². The summed E-state index contributed by atoms with van der Waals surface area (Å²) in [6, 6.07) is 0. The van der Waals surface area contributed by atoms with E-state index in [0.717, 1.165) is 0 Å². The molecule has 0 aliphatic rings. The first-order chi connectivity index (χ1) is 4.22. The number of nitrogens with zero attached hydrogens (tertiary/aromatic N) is 2. The van der Waals surface area contributed by atoms with Gasteiger partial charge in [-0.2, -0.15) is 4.68 Å². The van der Waals surface area contributed by atoms with Crippen molar-refractivity contribution in [3.8, 4) is 0 Å². The normalized spacial score (nSPS) is 10.7. The van der Waals surface area contributed by atoms with E-state index in [4.69, 9.17) is 0 Å². The molecule has 0 bridgehead atoms. The summed E-state index contributed by atoms with van der Waals surface area (Å²) >= 11 is 0. The first kappa shape index (κ1) is 6.26. The number of hydrogen-bond donors (Lipinski definition) is 1. The minimum absolute atomic E-state index is 0.550. The lowest BCUT2D eigenvalue weighted by Gasteiger charge is -1.94. The van der Waals surface area contributed by atoms with E-state index in [-0.39, 0.29) is 0 Å². The number of nitrogens with one attached hydrogen (secondary N) is 1. The molecule has 9 heavy (non-hydrogen) atoms. The van der Waals surface area contributed by atoms with E-state index in [0.29, 0.717) is 5.92 Å². The van der Waals surface area contributed by atoms with Crippen molar-refractivity contribution in [2.75, 3.05) is 0 Å². The fourth-order valence-corrected chi connectivity index (χ4v) is 0.862. The van der Waals surface area contributed by atoms with Crippen molar-refractivity contribution in [2.45, 2.75) is 19.8 Å². The van der Waals surface area contributed by atoms with Gasteiger partial charge in [-0.05, 0) is 0 Å². The first-order valence-corrected chi connectivity index (χ1v) is 3.11. The molecule has 0 saturated carbocycles. The molecular formula is C6H12N3+. The van der Waals surface area contributed by atoms with Gasteiger partial charge in [0.15, 0.2) is 5.69 Å². The van der Waals surface area contributed by atoms with Crippen LogP contribution in [0.4, 0.5) is 0 Å². The number of aryl methyl sites for hydroxylation is 1. The Morgan fingerprint density at radius 3 is 2.56 bits per heavy atom. The summed E-state index contributed by atoms with van der Waals surface area (Å²) in [5, 5.41) is 6.70. The highest BCUT2D eigenvalue weighted by Gasteiger charge is 2.09. The minimum Gasteiger partial charge on any atom is -0.163 e. The van der Waals surface area contributed by atoms with E-state index in [1.54, 1.807) is 0 Å². The van der Waals surface area contributed by atoms with Crippen LogP contribution in [0.3, 0.4) is 0 Å². The van der Waals surface area contributed by atoms with Gasteiger partial charge in [0.1, 0.15) is 7.05 Å². The summed E-state index contributed by atoms with van der Waals surface area (Å²) in [5.41, 5.74) is 1.23. The molecular weight excluding hydrogens is 114 g/mol. The Bertz CT molecular complexity index is 190. The Morgan fingerprint density at radius 1 is 1.67 bits per heavy atom. The molecule has 3 heteroatoms. The van der Waals surface area contributed by atoms with Crippen molar-refractivity contribution < 1.29 is 4.68 Å². The lowest BCUT2D eigenvalue weighted by atomic mass is 10.1. The molecule has 1 heterocycles. The van der Waals surface area contributed by atoms with Gasteiger partial charge < -0.3 is 0 Å². The third kappa shape index (κ3) is 1.09. The number of aromatic nitrogens is 3. The molecule has 0 aliphatic heterocycles. The Morgan fingerprint density at radius 2 is 2.33 bits per heavy atom. The van der Waals surface area contributed by atoms with Crippen LogP contribution < -0.4 is 4.68 Å². The van der Waals surface area contributed by atoms with Crippen LogP contribution >= 0.6 is 0 Å². The van der Waals surface area contributed by atoms with E-state index in [9.17, 15) is 0 Å². The second-order valence-electron chi connectivity index (χ2n) is 2.50. The average Bonchev–Trinajstić information content (AvgIpc) is 2.13. The zero-order valence-corrected chi connectivity index (χ0v) is 6.05. The van der Waals surface area contributed by atoms with Crippen molar-refractivity contribution in [1.29, 1.82) is 0 Å². The Hall–Kier alpha value is -0.860. The highest BCUT2D eigenvalue weighted by Crippen LogP contribution is 2.04. The maximum atomic E-state index is 3.88. The van der Waals surface area contributed by atoms with E-state index < -0.39 is 0 Å². The van der Waals surface area contributed by atoms with Gasteiger partial charge in [-0.15, -0.1) is 0 Å². The molecule has 1 aromatic rings. The second kappa shape index (κ2) is 2.17. The highest BCUT2D eigenvalue weighted by atomic mass is 15.4. The maximum absolute atomic E-state index is 3.88. The lowest BCUT2D eigenvalue weighted by molar-refractivity contribution is -0.738. The van der Waals surface area contributed by atoms with Crippen LogP contribution in [0.1, 0.15) is 25.5 Å². The number of H-pyrrole nitrogens is 1. The smallest absolute Gasteiger partial charge is 0.163 e. The number of hydrogen-bond acceptors (Lipinski definition) is 1. The third-order valence-electron chi connectivity index (χ3n) is 1.38. The molecule has 0 spiro atoms. The fraction of sp³-hybridized carbons (Fsp3) is 0.667. The Balaban J connectivity index is 2.94. The van der Waals surface area contributed by atoms with Gasteiger partial charge in [0.25, 0.3) is 0 Å². The van der Waals surface area contributed by atoms with Gasteiger partial charge in [-0.25, -0.2) is 0 Å². The van der Waals surface area contributed by atoms with Gasteiger partial charge in [0, 0.05) is 11.0 Å². The second-order valence-corrected chi connectivity index (χ2v) is 2.50. The van der Waals surface area contributed by atoms with E-state index >= 15 is 0 Å². The zero-order chi connectivity index (χ0) is 6.85. The molecule has 0 atom stereocenters. The van der Waals surface area contributed by atoms with Crippen LogP contribution in [0, 0.1) is 0 Å². The zero-order valence-electron chi connectivity index (χ0n) is 6.05. The largest absolute Gasteiger partial charge is 0.209 e. The first-order valence-electron chi connectivity index (χ1n) is 3.11. The molecule has 3 nitrogen and oxygen atoms in total. The van der Waals surface area contributed by atoms with Crippen molar-refractivity contribution in [3.05, 3.63) is 11.9 Å². The summed E-state index contributed by atoms with van der Waals surface area (Å²) in [6.07, 6.45) is 1.85. The molecule has 1 aromatic heterocycles. The van der Waals surface area contributed by atoms with Crippen molar-refractivity contribution in [1.82, 2.24) is 10.3 Å². The van der Waals surface area contributed by atoms with Crippen molar-refractivity contribution in [3.63, 3.8) is 0 Å². The van der Waals surface area contributed by atoms with Crippen molar-refractivity contribution in [2.24, 2.45) is 7.05 Å². The average molecular weight is 126 g/mol. The summed E-state index contributed by atoms with van der Waals surface area (Å²) in [5.74, 6) is 0.550. The quantitative estimate of drug-likeness (QED) is 0.541. The van der Waals surface area contributed by atoms with Crippen LogP contribution in [0.15, 0.2) is 6.20 Å². The molecule has 0 aromatic carbocycles. The fourth-order valence-electron chi connectivity index (χ4n) is 0.862. The van der Waals surface area contributed by atoms with Crippen LogP contribution in [0.25, 0.3) is 0 Å². The van der Waals surface area contributed by atoms with Crippen LogP contribution in [0.2, 0.25) is 0 Å². The molecule has 0 aliphatic carbocycles. The summed E-state index contributed by atoms with van der Waals surface area (Å²) < 4.78 is 1.92. The van der Waals surface area contributed by atoms with Gasteiger partial charge in [-0.3, -0.25) is 0 Å².